The molecule has 2 aliphatic rings. The van der Waals surface area contributed by atoms with Crippen molar-refractivity contribution < 1.29 is 4.74 Å². The van der Waals surface area contributed by atoms with E-state index in [2.05, 4.69) is 44.1 Å². The van der Waals surface area contributed by atoms with Gasteiger partial charge in [0.1, 0.15) is 0 Å². The Morgan fingerprint density at radius 1 is 1.35 bits per heavy atom. The molecule has 1 N–H and O–H groups in total. The highest BCUT2D eigenvalue weighted by molar-refractivity contribution is 8.00. The van der Waals surface area contributed by atoms with Crippen LogP contribution in [0.15, 0.2) is 0 Å². The molecule has 0 aliphatic heterocycles. The van der Waals surface area contributed by atoms with Gasteiger partial charge in [0, 0.05) is 29.4 Å². The number of hydrogen-bond acceptors (Lipinski definition) is 3. The van der Waals surface area contributed by atoms with Crippen LogP contribution in [0.3, 0.4) is 0 Å². The number of nitrogens with one attached hydrogen (secondary N) is 1. The zero-order valence-electron chi connectivity index (χ0n) is 11.7. The number of ether oxygens (including phenoxy) is 1. The molecule has 3 heteroatoms. The first-order valence-corrected chi connectivity index (χ1v) is 8.17. The van der Waals surface area contributed by atoms with Gasteiger partial charge in [-0.1, -0.05) is 20.3 Å². The molecule has 0 radical (unpaired) electrons. The Bertz CT molecular complexity index is 257. The fraction of sp³-hybridized carbons (Fsp3) is 1.00. The summed E-state index contributed by atoms with van der Waals surface area (Å²) in [6, 6.07) is 0.642. The van der Waals surface area contributed by atoms with Crippen molar-refractivity contribution in [3.05, 3.63) is 0 Å². The van der Waals surface area contributed by atoms with Crippen molar-refractivity contribution in [2.45, 2.75) is 63.3 Å². The second-order valence-electron chi connectivity index (χ2n) is 6.18. The maximum absolute atomic E-state index is 5.78. The monoisotopic (exact) mass is 257 g/mol. The molecule has 0 saturated heterocycles. The Hall–Kier alpha value is 0.270. The summed E-state index contributed by atoms with van der Waals surface area (Å²) in [5, 5.41) is 3.79. The molecule has 17 heavy (non-hydrogen) atoms. The number of rotatable bonds is 6. The van der Waals surface area contributed by atoms with Crippen LogP contribution in [-0.2, 0) is 4.74 Å². The lowest BCUT2D eigenvalue weighted by molar-refractivity contribution is -0.114. The molecule has 0 aromatic carbocycles. The summed E-state index contributed by atoms with van der Waals surface area (Å²) in [5.41, 5.74) is 0.305. The summed E-state index contributed by atoms with van der Waals surface area (Å²) < 4.78 is 6.33. The van der Waals surface area contributed by atoms with Crippen molar-refractivity contribution in [3.8, 4) is 0 Å². The van der Waals surface area contributed by atoms with Crippen LogP contribution in [0.4, 0.5) is 0 Å². The van der Waals surface area contributed by atoms with Crippen LogP contribution in [0.5, 0.6) is 0 Å². The Morgan fingerprint density at radius 3 is 2.47 bits per heavy atom. The summed E-state index contributed by atoms with van der Waals surface area (Å²) >= 11 is 2.05. The largest absolute Gasteiger partial charge is 0.378 e. The third-order valence-corrected chi connectivity index (χ3v) is 6.33. The lowest BCUT2D eigenvalue weighted by Gasteiger charge is -2.53. The third kappa shape index (κ3) is 2.52. The van der Waals surface area contributed by atoms with Crippen LogP contribution in [0.25, 0.3) is 0 Å². The van der Waals surface area contributed by atoms with E-state index < -0.39 is 0 Å². The maximum atomic E-state index is 5.78. The molecule has 2 unspecified atom stereocenters. The Balaban J connectivity index is 1.78. The molecule has 0 amide bonds. The molecule has 2 atom stereocenters. The lowest BCUT2D eigenvalue weighted by Crippen LogP contribution is -2.63. The van der Waals surface area contributed by atoms with Crippen LogP contribution >= 0.6 is 11.8 Å². The fourth-order valence-electron chi connectivity index (χ4n) is 3.05. The highest BCUT2D eigenvalue weighted by atomic mass is 32.2. The summed E-state index contributed by atoms with van der Waals surface area (Å²) in [7, 11) is 0. The van der Waals surface area contributed by atoms with Gasteiger partial charge >= 0.3 is 0 Å². The fourth-order valence-corrected chi connectivity index (χ4v) is 3.97. The van der Waals surface area contributed by atoms with E-state index >= 15 is 0 Å². The molecule has 2 aliphatic carbocycles. The van der Waals surface area contributed by atoms with E-state index in [1.54, 1.807) is 0 Å². The first-order valence-electron chi connectivity index (χ1n) is 6.94. The summed E-state index contributed by atoms with van der Waals surface area (Å²) in [4.78, 5) is 0. The highest BCUT2D eigenvalue weighted by Gasteiger charge is 2.49. The molecule has 0 spiro atoms. The Labute approximate surface area is 110 Å². The lowest BCUT2D eigenvalue weighted by atomic mass is 9.64. The molecule has 2 fully saturated rings. The Morgan fingerprint density at radius 2 is 2.06 bits per heavy atom. The zero-order valence-corrected chi connectivity index (χ0v) is 12.5. The maximum Gasteiger partial charge on any atom is 0.0655 e. The van der Waals surface area contributed by atoms with Crippen LogP contribution in [-0.4, -0.2) is 36.3 Å². The summed E-state index contributed by atoms with van der Waals surface area (Å²) in [5.74, 6) is 0. The van der Waals surface area contributed by atoms with Crippen molar-refractivity contribution >= 4 is 11.8 Å². The van der Waals surface area contributed by atoms with Crippen LogP contribution in [0, 0.1) is 5.41 Å². The molecule has 0 aromatic heterocycles. The van der Waals surface area contributed by atoms with Crippen molar-refractivity contribution in [1.29, 1.82) is 0 Å². The molecular weight excluding hydrogens is 230 g/mol. The molecule has 0 bridgehead atoms. The molecule has 100 valence electrons. The van der Waals surface area contributed by atoms with Gasteiger partial charge in [0.25, 0.3) is 0 Å². The first kappa shape index (κ1) is 13.7. The van der Waals surface area contributed by atoms with Crippen LogP contribution < -0.4 is 5.32 Å². The van der Waals surface area contributed by atoms with Crippen LogP contribution in [0.1, 0.15) is 46.5 Å². The van der Waals surface area contributed by atoms with Gasteiger partial charge in [-0.15, -0.1) is 0 Å². The summed E-state index contributed by atoms with van der Waals surface area (Å²) in [6.45, 7) is 8.78. The van der Waals surface area contributed by atoms with E-state index in [-0.39, 0.29) is 0 Å². The van der Waals surface area contributed by atoms with E-state index in [4.69, 9.17) is 4.74 Å². The van der Waals surface area contributed by atoms with E-state index in [0.717, 1.165) is 6.61 Å². The Kier molecular flexibility index (Phi) is 4.11. The second kappa shape index (κ2) is 5.10. The standard InChI is InChI=1S/C14H27NOS/c1-5-16-12-9-11(13(12,2)3)15-10-14(17-4)7-6-8-14/h11-12,15H,5-10H2,1-4H3. The minimum absolute atomic E-state index is 0.305. The molecule has 2 rings (SSSR count). The predicted molar refractivity (Wildman–Crippen MR) is 75.7 cm³/mol. The zero-order chi connectivity index (χ0) is 12.5. The quantitative estimate of drug-likeness (QED) is 0.790. The van der Waals surface area contributed by atoms with E-state index in [1.165, 1.54) is 32.2 Å². The van der Waals surface area contributed by atoms with E-state index in [0.29, 0.717) is 22.3 Å². The molecule has 0 aromatic rings. The molecule has 2 saturated carbocycles. The molecular formula is C14H27NOS. The predicted octanol–water partition coefficient (Wildman–Crippen LogP) is 3.07. The van der Waals surface area contributed by atoms with Crippen LogP contribution in [0.2, 0.25) is 0 Å². The van der Waals surface area contributed by atoms with Gasteiger partial charge in [0.05, 0.1) is 6.10 Å². The minimum Gasteiger partial charge on any atom is -0.378 e. The SMILES string of the molecule is CCOC1CC(NCC2(SC)CCC2)C1(C)C. The third-order valence-electron chi connectivity index (χ3n) is 4.91. The van der Waals surface area contributed by atoms with Crippen molar-refractivity contribution in [3.63, 3.8) is 0 Å². The van der Waals surface area contributed by atoms with Gasteiger partial charge in [0.15, 0.2) is 0 Å². The average molecular weight is 257 g/mol. The second-order valence-corrected chi connectivity index (χ2v) is 7.45. The van der Waals surface area contributed by atoms with E-state index in [1.807, 2.05) is 0 Å². The smallest absolute Gasteiger partial charge is 0.0655 e. The van der Waals surface area contributed by atoms with Gasteiger partial charge in [-0.2, -0.15) is 11.8 Å². The average Bonchev–Trinajstić information content (AvgIpc) is 2.25. The highest BCUT2D eigenvalue weighted by Crippen LogP contribution is 2.45. The van der Waals surface area contributed by atoms with Gasteiger partial charge < -0.3 is 10.1 Å². The van der Waals surface area contributed by atoms with Crippen molar-refractivity contribution in [1.82, 2.24) is 5.32 Å². The van der Waals surface area contributed by atoms with Gasteiger partial charge in [-0.05, 0) is 32.4 Å². The number of hydrogen-bond donors (Lipinski definition) is 1. The minimum atomic E-state index is 0.305. The van der Waals surface area contributed by atoms with Gasteiger partial charge in [-0.25, -0.2) is 0 Å². The molecule has 2 nitrogen and oxygen atoms in total. The molecule has 0 heterocycles. The van der Waals surface area contributed by atoms with E-state index in [9.17, 15) is 0 Å². The van der Waals surface area contributed by atoms with Crippen molar-refractivity contribution in [2.24, 2.45) is 5.41 Å². The number of thioether (sulfide) groups is 1. The summed E-state index contributed by atoms with van der Waals surface area (Å²) in [6.07, 6.45) is 8.10. The normalized spacial score (nSPS) is 33.9. The van der Waals surface area contributed by atoms with Crippen molar-refractivity contribution in [2.75, 3.05) is 19.4 Å². The van der Waals surface area contributed by atoms with Gasteiger partial charge in [0.2, 0.25) is 0 Å². The topological polar surface area (TPSA) is 21.3 Å². The van der Waals surface area contributed by atoms with Gasteiger partial charge in [-0.3, -0.25) is 0 Å². The first-order chi connectivity index (χ1) is 8.04.